The fraction of sp³-hybridized carbons (Fsp3) is 0.462. The molecule has 1 unspecified atom stereocenters. The van der Waals surface area contributed by atoms with Crippen molar-refractivity contribution in [3.05, 3.63) is 18.2 Å². The van der Waals surface area contributed by atoms with E-state index in [1.54, 1.807) is 0 Å². The van der Waals surface area contributed by atoms with Gasteiger partial charge in [0.1, 0.15) is 0 Å². The third-order valence-corrected chi connectivity index (χ3v) is 4.64. The van der Waals surface area contributed by atoms with Crippen molar-refractivity contribution in [2.75, 3.05) is 18.4 Å². The molecule has 0 bridgehead atoms. The van der Waals surface area contributed by atoms with Gasteiger partial charge in [-0.2, -0.15) is 0 Å². The van der Waals surface area contributed by atoms with Crippen LogP contribution in [-0.4, -0.2) is 33.6 Å². The van der Waals surface area contributed by atoms with E-state index in [2.05, 4.69) is 18.6 Å². The van der Waals surface area contributed by atoms with Gasteiger partial charge in [0.2, 0.25) is 0 Å². The number of hydrogen-bond donors (Lipinski definition) is 2. The summed E-state index contributed by atoms with van der Waals surface area (Å²) in [4.78, 5) is 12.0. The van der Waals surface area contributed by atoms with Gasteiger partial charge < -0.3 is 0 Å². The van der Waals surface area contributed by atoms with E-state index in [0.717, 1.165) is 36.6 Å². The molecule has 2 heterocycles. The molecule has 19 heavy (non-hydrogen) atoms. The molecule has 1 aromatic carbocycles. The second-order valence-corrected chi connectivity index (χ2v) is 5.99. The van der Waals surface area contributed by atoms with Crippen molar-refractivity contribution < 1.29 is 4.79 Å². The maximum atomic E-state index is 12.0. The molecule has 1 fully saturated rings. The molecule has 2 aliphatic heterocycles. The summed E-state index contributed by atoms with van der Waals surface area (Å²) in [5, 5.41) is 6.29. The number of benzene rings is 1. The van der Waals surface area contributed by atoms with Gasteiger partial charge in [-0.1, -0.05) is 0 Å². The summed E-state index contributed by atoms with van der Waals surface area (Å²) in [6, 6.07) is 5.75. The Labute approximate surface area is 117 Å². The summed E-state index contributed by atoms with van der Waals surface area (Å²) in [6.07, 6.45) is 2.72. The van der Waals surface area contributed by atoms with E-state index in [9.17, 15) is 4.79 Å². The van der Waals surface area contributed by atoms with Crippen LogP contribution in [0.25, 0.3) is 0 Å². The van der Waals surface area contributed by atoms with Crippen LogP contribution in [0.5, 0.6) is 0 Å². The minimum atomic E-state index is -0.0569. The fourth-order valence-electron chi connectivity index (χ4n) is 2.42. The molecule has 6 heteroatoms. The molecule has 0 spiro atoms. The van der Waals surface area contributed by atoms with Gasteiger partial charge in [0.15, 0.2) is 0 Å². The zero-order chi connectivity index (χ0) is 13.1. The van der Waals surface area contributed by atoms with Crippen LogP contribution in [0.3, 0.4) is 0 Å². The van der Waals surface area contributed by atoms with Crippen LogP contribution in [-0.2, 0) is 4.79 Å². The topological polar surface area (TPSA) is 65.8 Å². The molecule has 0 aliphatic carbocycles. The first-order chi connectivity index (χ1) is 9.33. The molecule has 5 nitrogen and oxygen atoms in total. The number of carbonyl (C=O) groups excluding carboxylic acids is 1. The van der Waals surface area contributed by atoms with Gasteiger partial charge in [0.25, 0.3) is 0 Å². The Morgan fingerprint density at radius 3 is 3.26 bits per heavy atom. The number of nitrogens with one attached hydrogen (secondary N) is 2. The van der Waals surface area contributed by atoms with Crippen molar-refractivity contribution in [3.8, 4) is 0 Å². The Morgan fingerprint density at radius 1 is 1.47 bits per heavy atom. The Kier molecular flexibility index (Phi) is 3.92. The summed E-state index contributed by atoms with van der Waals surface area (Å²) in [7, 11) is 0. The molecule has 1 atom stereocenters. The number of anilines is 1. The second-order valence-electron chi connectivity index (χ2n) is 4.88. The van der Waals surface area contributed by atoms with E-state index >= 15 is 0 Å². The summed E-state index contributed by atoms with van der Waals surface area (Å²) < 4.78 is 8.67. The predicted octanol–water partition coefficient (Wildman–Crippen LogP) is 2.36. The number of fused-ring (bicyclic) bond motifs is 1. The standard InChI is InChI=1S/C13H16N4OSe/c18-12(5-4-9-6-7-14-8-9)15-10-2-1-3-11-13(10)17-19-16-11/h1-3,9,14H,4-8H2,(H,15,18). The van der Waals surface area contributed by atoms with E-state index < -0.39 is 0 Å². The van der Waals surface area contributed by atoms with E-state index in [0.29, 0.717) is 12.3 Å². The van der Waals surface area contributed by atoms with E-state index in [4.69, 9.17) is 0 Å². The zero-order valence-corrected chi connectivity index (χ0v) is 12.3. The van der Waals surface area contributed by atoms with E-state index in [1.807, 2.05) is 18.2 Å². The summed E-state index contributed by atoms with van der Waals surface area (Å²) in [6.45, 7) is 2.13. The first kappa shape index (κ1) is 12.8. The number of carbonyl (C=O) groups is 1. The average Bonchev–Trinajstić information content (AvgIpc) is 3.08. The van der Waals surface area contributed by atoms with Crippen LogP contribution in [0.4, 0.5) is 17.1 Å². The molecule has 3 rings (SSSR count). The average molecular weight is 323 g/mol. The number of rotatable bonds is 4. The Bertz CT molecular complexity index is 560. The predicted molar refractivity (Wildman–Crippen MR) is 75.2 cm³/mol. The van der Waals surface area contributed by atoms with Crippen molar-refractivity contribution in [2.45, 2.75) is 19.3 Å². The molecule has 2 aliphatic rings. The minimum absolute atomic E-state index is 0.0569. The van der Waals surface area contributed by atoms with Gasteiger partial charge in [0, 0.05) is 0 Å². The number of nitrogens with zero attached hydrogens (tertiary/aromatic N) is 2. The molecule has 2 N–H and O–H groups in total. The molecule has 1 aromatic rings. The molecule has 1 amide bonds. The normalized spacial score (nSPS) is 20.1. The van der Waals surface area contributed by atoms with Gasteiger partial charge in [-0.15, -0.1) is 0 Å². The van der Waals surface area contributed by atoms with Crippen LogP contribution in [0.2, 0.25) is 0 Å². The quantitative estimate of drug-likeness (QED) is 0.848. The Morgan fingerprint density at radius 2 is 2.42 bits per heavy atom. The SMILES string of the molecule is O=C(CCC1CCNC1)Nc1cccc2c1N=[Se]=N2. The molecule has 1 saturated heterocycles. The molecular formula is C13H16N4OSe. The fourth-order valence-corrected chi connectivity index (χ4v) is 3.57. The summed E-state index contributed by atoms with van der Waals surface area (Å²) >= 11 is -0.0569. The van der Waals surface area contributed by atoms with E-state index in [1.165, 1.54) is 6.42 Å². The molecule has 100 valence electrons. The first-order valence-corrected chi connectivity index (χ1v) is 8.08. The monoisotopic (exact) mass is 324 g/mol. The van der Waals surface area contributed by atoms with Crippen molar-refractivity contribution in [1.82, 2.24) is 5.32 Å². The van der Waals surface area contributed by atoms with Crippen LogP contribution >= 0.6 is 0 Å². The van der Waals surface area contributed by atoms with Crippen molar-refractivity contribution >= 4 is 37.5 Å². The van der Waals surface area contributed by atoms with Crippen LogP contribution in [0, 0.1) is 5.92 Å². The summed E-state index contributed by atoms with van der Waals surface area (Å²) in [5.74, 6) is 0.727. The molecule has 0 aromatic heterocycles. The van der Waals surface area contributed by atoms with Crippen LogP contribution in [0.15, 0.2) is 26.1 Å². The van der Waals surface area contributed by atoms with Crippen LogP contribution < -0.4 is 10.6 Å². The van der Waals surface area contributed by atoms with Gasteiger partial charge in [-0.25, -0.2) is 0 Å². The van der Waals surface area contributed by atoms with Gasteiger partial charge >= 0.3 is 117 Å². The van der Waals surface area contributed by atoms with Crippen molar-refractivity contribution in [3.63, 3.8) is 0 Å². The maximum absolute atomic E-state index is 12.0. The summed E-state index contributed by atoms with van der Waals surface area (Å²) in [5.41, 5.74) is 2.55. The third kappa shape index (κ3) is 3.03. The Balaban J connectivity index is 1.58. The zero-order valence-electron chi connectivity index (χ0n) is 10.6. The third-order valence-electron chi connectivity index (χ3n) is 3.50. The second kappa shape index (κ2) is 5.82. The number of amides is 1. The van der Waals surface area contributed by atoms with Crippen molar-refractivity contribution in [1.29, 1.82) is 0 Å². The molecular weight excluding hydrogens is 307 g/mol. The van der Waals surface area contributed by atoms with Crippen molar-refractivity contribution in [2.24, 2.45) is 13.8 Å². The first-order valence-electron chi connectivity index (χ1n) is 6.55. The van der Waals surface area contributed by atoms with E-state index in [-0.39, 0.29) is 20.5 Å². The Hall–Kier alpha value is -1.23. The van der Waals surface area contributed by atoms with Crippen LogP contribution in [0.1, 0.15) is 19.3 Å². The van der Waals surface area contributed by atoms with Gasteiger partial charge in [0.05, 0.1) is 0 Å². The molecule has 0 saturated carbocycles. The van der Waals surface area contributed by atoms with Gasteiger partial charge in [-0.3, -0.25) is 0 Å². The van der Waals surface area contributed by atoms with Gasteiger partial charge in [-0.05, 0) is 0 Å². The molecule has 0 radical (unpaired) electrons. The number of hydrogen-bond acceptors (Lipinski definition) is 4.